The van der Waals surface area contributed by atoms with Crippen molar-refractivity contribution in [2.24, 2.45) is 5.92 Å². The van der Waals surface area contributed by atoms with Crippen molar-refractivity contribution in [2.75, 3.05) is 25.1 Å². The van der Waals surface area contributed by atoms with Crippen LogP contribution in [0.4, 0.5) is 5.69 Å². The lowest BCUT2D eigenvalue weighted by Gasteiger charge is -2.31. The Hall–Kier alpha value is -2.15. The summed E-state index contributed by atoms with van der Waals surface area (Å²) in [6, 6.07) is 3.60. The fraction of sp³-hybridized carbons (Fsp3) is 0.611. The summed E-state index contributed by atoms with van der Waals surface area (Å²) in [5.74, 6) is -0.0257. The molecule has 1 aliphatic heterocycles. The van der Waals surface area contributed by atoms with E-state index in [1.807, 2.05) is 4.90 Å². The summed E-state index contributed by atoms with van der Waals surface area (Å²) in [5.41, 5.74) is 0.580. The molecule has 2 amide bonds. The SMILES string of the molecule is O=C(Nc1ccnc(OCCO)c1)C1CC(=O)N(C2CCCCC2)C1. The monoisotopic (exact) mass is 347 g/mol. The van der Waals surface area contributed by atoms with Crippen LogP contribution in [-0.4, -0.2) is 52.6 Å². The summed E-state index contributed by atoms with van der Waals surface area (Å²) >= 11 is 0. The molecule has 0 radical (unpaired) electrons. The predicted molar refractivity (Wildman–Crippen MR) is 92.1 cm³/mol. The Morgan fingerprint density at radius 2 is 2.16 bits per heavy atom. The van der Waals surface area contributed by atoms with Crippen molar-refractivity contribution in [3.63, 3.8) is 0 Å². The molecule has 25 heavy (non-hydrogen) atoms. The number of carbonyl (C=O) groups excluding carboxylic acids is 2. The topological polar surface area (TPSA) is 91.8 Å². The third-order valence-corrected chi connectivity index (χ3v) is 4.89. The number of likely N-dealkylation sites (tertiary alicyclic amines) is 1. The standard InChI is InChI=1S/C18H25N3O4/c22-8-9-25-16-11-14(6-7-19-16)20-18(24)13-10-17(23)21(12-13)15-4-2-1-3-5-15/h6-7,11,13,15,22H,1-5,8-10,12H2,(H,19,20,24). The number of aliphatic hydroxyl groups is 1. The molecule has 2 N–H and O–H groups in total. The molecule has 7 nitrogen and oxygen atoms in total. The lowest BCUT2D eigenvalue weighted by molar-refractivity contribution is -0.130. The van der Waals surface area contributed by atoms with E-state index in [0.29, 0.717) is 24.2 Å². The number of hydrogen-bond acceptors (Lipinski definition) is 5. The Morgan fingerprint density at radius 3 is 2.92 bits per heavy atom. The van der Waals surface area contributed by atoms with Gasteiger partial charge in [-0.15, -0.1) is 0 Å². The van der Waals surface area contributed by atoms with Gasteiger partial charge in [0.05, 0.1) is 12.5 Å². The fourth-order valence-corrected chi connectivity index (χ4v) is 3.61. The molecule has 0 bridgehead atoms. The van der Waals surface area contributed by atoms with E-state index in [0.717, 1.165) is 12.8 Å². The van der Waals surface area contributed by atoms with Gasteiger partial charge in [-0.2, -0.15) is 0 Å². The first-order valence-corrected chi connectivity index (χ1v) is 8.97. The maximum absolute atomic E-state index is 12.5. The second-order valence-electron chi connectivity index (χ2n) is 6.68. The van der Waals surface area contributed by atoms with Crippen molar-refractivity contribution in [1.82, 2.24) is 9.88 Å². The van der Waals surface area contributed by atoms with Gasteiger partial charge in [-0.25, -0.2) is 4.98 Å². The Bertz CT molecular complexity index is 616. The van der Waals surface area contributed by atoms with E-state index in [4.69, 9.17) is 9.84 Å². The number of aliphatic hydroxyl groups excluding tert-OH is 1. The van der Waals surface area contributed by atoms with Gasteiger partial charge in [-0.3, -0.25) is 9.59 Å². The summed E-state index contributed by atoms with van der Waals surface area (Å²) in [6.07, 6.45) is 7.49. The number of pyridine rings is 1. The second kappa shape index (κ2) is 8.29. The Labute approximate surface area is 147 Å². The Kier molecular flexibility index (Phi) is 5.86. The zero-order valence-electron chi connectivity index (χ0n) is 14.3. The van der Waals surface area contributed by atoms with Crippen LogP contribution in [-0.2, 0) is 9.59 Å². The molecule has 3 rings (SSSR count). The molecular weight excluding hydrogens is 322 g/mol. The quantitative estimate of drug-likeness (QED) is 0.815. The van der Waals surface area contributed by atoms with Gasteiger partial charge in [0.15, 0.2) is 0 Å². The highest BCUT2D eigenvalue weighted by atomic mass is 16.5. The highest BCUT2D eigenvalue weighted by Crippen LogP contribution is 2.29. The van der Waals surface area contributed by atoms with Crippen LogP contribution >= 0.6 is 0 Å². The normalized spacial score (nSPS) is 21.4. The van der Waals surface area contributed by atoms with E-state index in [1.54, 1.807) is 12.1 Å². The number of nitrogens with zero attached hydrogens (tertiary/aromatic N) is 2. The summed E-state index contributed by atoms with van der Waals surface area (Å²) in [7, 11) is 0. The Balaban J connectivity index is 1.57. The van der Waals surface area contributed by atoms with Crippen molar-refractivity contribution in [3.8, 4) is 5.88 Å². The Morgan fingerprint density at radius 1 is 1.36 bits per heavy atom. The van der Waals surface area contributed by atoms with Crippen molar-refractivity contribution in [1.29, 1.82) is 0 Å². The smallest absolute Gasteiger partial charge is 0.229 e. The molecular formula is C18H25N3O4. The molecule has 1 saturated carbocycles. The van der Waals surface area contributed by atoms with Gasteiger partial charge in [0, 0.05) is 37.0 Å². The van der Waals surface area contributed by atoms with Crippen molar-refractivity contribution in [3.05, 3.63) is 18.3 Å². The number of anilines is 1. The molecule has 2 fully saturated rings. The molecule has 1 aromatic heterocycles. The minimum Gasteiger partial charge on any atom is -0.475 e. The number of aromatic nitrogens is 1. The van der Waals surface area contributed by atoms with Crippen LogP contribution in [0.25, 0.3) is 0 Å². The van der Waals surface area contributed by atoms with E-state index < -0.39 is 0 Å². The molecule has 1 aliphatic carbocycles. The van der Waals surface area contributed by atoms with Gasteiger partial charge >= 0.3 is 0 Å². The van der Waals surface area contributed by atoms with E-state index in [-0.39, 0.29) is 37.4 Å². The number of ether oxygens (including phenoxy) is 1. The maximum Gasteiger partial charge on any atom is 0.229 e. The average molecular weight is 347 g/mol. The molecule has 0 spiro atoms. The summed E-state index contributed by atoms with van der Waals surface area (Å²) in [5, 5.41) is 11.6. The molecule has 0 aromatic carbocycles. The first-order valence-electron chi connectivity index (χ1n) is 8.97. The number of hydrogen-bond donors (Lipinski definition) is 2. The molecule has 2 heterocycles. The second-order valence-corrected chi connectivity index (χ2v) is 6.68. The number of carbonyl (C=O) groups is 2. The van der Waals surface area contributed by atoms with Gasteiger partial charge in [-0.05, 0) is 18.9 Å². The fourth-order valence-electron chi connectivity index (χ4n) is 3.61. The summed E-state index contributed by atoms with van der Waals surface area (Å²) in [6.45, 7) is 0.561. The van der Waals surface area contributed by atoms with Crippen LogP contribution in [0.1, 0.15) is 38.5 Å². The van der Waals surface area contributed by atoms with Gasteiger partial charge < -0.3 is 20.1 Å². The van der Waals surface area contributed by atoms with E-state index >= 15 is 0 Å². The van der Waals surface area contributed by atoms with Gasteiger partial charge in [0.1, 0.15) is 6.61 Å². The lowest BCUT2D eigenvalue weighted by Crippen LogP contribution is -2.38. The molecule has 1 saturated heterocycles. The predicted octanol–water partition coefficient (Wildman–Crippen LogP) is 1.57. The highest BCUT2D eigenvalue weighted by molar-refractivity contribution is 5.97. The van der Waals surface area contributed by atoms with Crippen molar-refractivity contribution < 1.29 is 19.4 Å². The van der Waals surface area contributed by atoms with Crippen molar-refractivity contribution >= 4 is 17.5 Å². The highest BCUT2D eigenvalue weighted by Gasteiger charge is 2.38. The van der Waals surface area contributed by atoms with E-state index in [9.17, 15) is 9.59 Å². The molecule has 2 aliphatic rings. The number of amides is 2. The molecule has 1 unspecified atom stereocenters. The van der Waals surface area contributed by atoms with Crippen molar-refractivity contribution in [2.45, 2.75) is 44.6 Å². The number of rotatable bonds is 6. The van der Waals surface area contributed by atoms with Gasteiger partial charge in [0.25, 0.3) is 0 Å². The third kappa shape index (κ3) is 4.48. The van der Waals surface area contributed by atoms with Crippen LogP contribution in [0.5, 0.6) is 5.88 Å². The van der Waals surface area contributed by atoms with Gasteiger partial charge in [0.2, 0.25) is 17.7 Å². The minimum absolute atomic E-state index is 0.0914. The molecule has 7 heteroatoms. The van der Waals surface area contributed by atoms with Gasteiger partial charge in [-0.1, -0.05) is 19.3 Å². The average Bonchev–Trinajstić information content (AvgIpc) is 3.03. The zero-order valence-corrected chi connectivity index (χ0v) is 14.3. The largest absolute Gasteiger partial charge is 0.475 e. The molecule has 1 aromatic rings. The molecule has 136 valence electrons. The third-order valence-electron chi connectivity index (χ3n) is 4.89. The first kappa shape index (κ1) is 17.7. The van der Waals surface area contributed by atoms with Crippen LogP contribution in [0.15, 0.2) is 18.3 Å². The van der Waals surface area contributed by atoms with Crippen LogP contribution in [0, 0.1) is 5.92 Å². The van der Waals surface area contributed by atoms with Crippen LogP contribution < -0.4 is 10.1 Å². The summed E-state index contributed by atoms with van der Waals surface area (Å²) < 4.78 is 5.24. The maximum atomic E-state index is 12.5. The van der Waals surface area contributed by atoms with Crippen LogP contribution in [0.3, 0.4) is 0 Å². The van der Waals surface area contributed by atoms with E-state index in [1.165, 1.54) is 25.5 Å². The molecule has 1 atom stereocenters. The first-order chi connectivity index (χ1) is 12.2. The summed E-state index contributed by atoms with van der Waals surface area (Å²) in [4.78, 5) is 30.8. The number of nitrogens with one attached hydrogen (secondary N) is 1. The zero-order chi connectivity index (χ0) is 17.6. The lowest BCUT2D eigenvalue weighted by atomic mass is 9.94. The van der Waals surface area contributed by atoms with Crippen LogP contribution in [0.2, 0.25) is 0 Å². The van der Waals surface area contributed by atoms with E-state index in [2.05, 4.69) is 10.3 Å². The minimum atomic E-state index is -0.315.